The van der Waals surface area contributed by atoms with E-state index in [0.717, 1.165) is 25.9 Å². The minimum atomic E-state index is -0.00279. The van der Waals surface area contributed by atoms with Gasteiger partial charge in [0.25, 0.3) is 0 Å². The van der Waals surface area contributed by atoms with Crippen LogP contribution in [-0.2, 0) is 9.53 Å². The lowest BCUT2D eigenvalue weighted by atomic mass is 9.94. The second kappa shape index (κ2) is 6.20. The number of esters is 1. The summed E-state index contributed by atoms with van der Waals surface area (Å²) in [6.07, 6.45) is 10.4. The second-order valence-electron chi connectivity index (χ2n) is 5.01. The lowest BCUT2D eigenvalue weighted by Gasteiger charge is -2.37. The van der Waals surface area contributed by atoms with Crippen molar-refractivity contribution >= 4 is 5.97 Å². The van der Waals surface area contributed by atoms with Crippen molar-refractivity contribution in [1.82, 2.24) is 4.90 Å². The highest BCUT2D eigenvalue weighted by molar-refractivity contribution is 5.72. The Labute approximate surface area is 104 Å². The quantitative estimate of drug-likeness (QED) is 0.557. The highest BCUT2D eigenvalue weighted by atomic mass is 16.5. The first-order valence-electron chi connectivity index (χ1n) is 6.88. The molecule has 3 heteroatoms. The first-order valence-corrected chi connectivity index (χ1v) is 6.88. The van der Waals surface area contributed by atoms with Gasteiger partial charge < -0.3 is 4.74 Å². The number of rotatable bonds is 3. The van der Waals surface area contributed by atoms with E-state index in [-0.39, 0.29) is 11.9 Å². The van der Waals surface area contributed by atoms with E-state index in [0.29, 0.717) is 12.6 Å². The lowest BCUT2D eigenvalue weighted by molar-refractivity contribution is -0.150. The second-order valence-corrected chi connectivity index (χ2v) is 5.01. The third-order valence-electron chi connectivity index (χ3n) is 3.77. The first-order chi connectivity index (χ1) is 8.31. The molecule has 2 aliphatic rings. The molecule has 0 aromatic carbocycles. The number of carbonyl (C=O) groups excluding carboxylic acids is 1. The monoisotopic (exact) mass is 237 g/mol. The molecule has 0 aromatic heterocycles. The Balaban J connectivity index is 1.89. The maximum absolute atomic E-state index is 11.8. The maximum atomic E-state index is 11.8. The molecule has 0 bridgehead atoms. The fourth-order valence-corrected chi connectivity index (χ4v) is 2.86. The molecule has 96 valence electrons. The van der Waals surface area contributed by atoms with Crippen LogP contribution in [0.3, 0.4) is 0 Å². The Bertz CT molecular complexity index is 288. The standard InChI is InChI=1S/C14H23NO2/c1-2-17-14(16)12-7-6-10-15(11-12)13-8-4-3-5-9-13/h4,8,12-13H,2-3,5-7,9-11H2,1H3/t12-,13?/m0/s1. The molecule has 2 atom stereocenters. The maximum Gasteiger partial charge on any atom is 0.310 e. The number of ether oxygens (including phenoxy) is 1. The van der Waals surface area contributed by atoms with Gasteiger partial charge in [-0.25, -0.2) is 0 Å². The zero-order valence-corrected chi connectivity index (χ0v) is 10.7. The van der Waals surface area contributed by atoms with Gasteiger partial charge in [-0.05, 0) is 45.6 Å². The van der Waals surface area contributed by atoms with E-state index in [1.54, 1.807) is 0 Å². The Morgan fingerprint density at radius 2 is 2.29 bits per heavy atom. The van der Waals surface area contributed by atoms with Gasteiger partial charge in [-0.1, -0.05) is 12.2 Å². The average Bonchev–Trinajstić information content (AvgIpc) is 2.40. The summed E-state index contributed by atoms with van der Waals surface area (Å²) in [5.41, 5.74) is 0. The van der Waals surface area contributed by atoms with E-state index in [4.69, 9.17) is 4.74 Å². The molecule has 0 amide bonds. The summed E-state index contributed by atoms with van der Waals surface area (Å²) < 4.78 is 5.13. The predicted molar refractivity (Wildman–Crippen MR) is 67.7 cm³/mol. The minimum absolute atomic E-state index is 0.00279. The van der Waals surface area contributed by atoms with Crippen molar-refractivity contribution in [3.05, 3.63) is 12.2 Å². The van der Waals surface area contributed by atoms with Crippen LogP contribution in [0.15, 0.2) is 12.2 Å². The molecule has 1 heterocycles. The van der Waals surface area contributed by atoms with Crippen LogP contribution in [0.5, 0.6) is 0 Å². The fourth-order valence-electron chi connectivity index (χ4n) is 2.86. The van der Waals surface area contributed by atoms with Crippen LogP contribution in [-0.4, -0.2) is 36.6 Å². The molecule has 0 radical (unpaired) electrons. The number of hydrogen-bond donors (Lipinski definition) is 0. The van der Waals surface area contributed by atoms with Gasteiger partial charge in [-0.15, -0.1) is 0 Å². The van der Waals surface area contributed by atoms with Crippen LogP contribution in [0.1, 0.15) is 39.0 Å². The highest BCUT2D eigenvalue weighted by Crippen LogP contribution is 2.24. The molecular formula is C14H23NO2. The zero-order chi connectivity index (χ0) is 12.1. The smallest absolute Gasteiger partial charge is 0.310 e. The SMILES string of the molecule is CCOC(=O)[C@H]1CCCN(C2C=CCCC2)C1. The molecule has 0 spiro atoms. The van der Waals surface area contributed by atoms with Crippen molar-refractivity contribution in [3.8, 4) is 0 Å². The number of piperidine rings is 1. The number of nitrogens with zero attached hydrogens (tertiary/aromatic N) is 1. The van der Waals surface area contributed by atoms with Gasteiger partial charge in [0.1, 0.15) is 0 Å². The molecule has 0 saturated carbocycles. The van der Waals surface area contributed by atoms with Crippen molar-refractivity contribution in [3.63, 3.8) is 0 Å². The summed E-state index contributed by atoms with van der Waals surface area (Å²) in [4.78, 5) is 14.2. The summed E-state index contributed by atoms with van der Waals surface area (Å²) in [5, 5.41) is 0. The van der Waals surface area contributed by atoms with Gasteiger partial charge in [-0.2, -0.15) is 0 Å². The molecule has 1 unspecified atom stereocenters. The molecule has 3 nitrogen and oxygen atoms in total. The van der Waals surface area contributed by atoms with E-state index in [9.17, 15) is 4.79 Å². The molecule has 17 heavy (non-hydrogen) atoms. The molecular weight excluding hydrogens is 214 g/mol. The Kier molecular flexibility index (Phi) is 4.60. The van der Waals surface area contributed by atoms with Crippen molar-refractivity contribution in [2.75, 3.05) is 19.7 Å². The zero-order valence-electron chi connectivity index (χ0n) is 10.7. The topological polar surface area (TPSA) is 29.5 Å². The highest BCUT2D eigenvalue weighted by Gasteiger charge is 2.29. The van der Waals surface area contributed by atoms with Crippen molar-refractivity contribution in [2.45, 2.75) is 45.1 Å². The molecule has 1 saturated heterocycles. The first kappa shape index (κ1) is 12.6. The van der Waals surface area contributed by atoms with Gasteiger partial charge in [0.05, 0.1) is 12.5 Å². The third-order valence-corrected chi connectivity index (χ3v) is 3.77. The van der Waals surface area contributed by atoms with Crippen LogP contribution in [0.4, 0.5) is 0 Å². The normalized spacial score (nSPS) is 30.2. The Hall–Kier alpha value is -0.830. The number of hydrogen-bond acceptors (Lipinski definition) is 3. The fraction of sp³-hybridized carbons (Fsp3) is 0.786. The third kappa shape index (κ3) is 3.32. The van der Waals surface area contributed by atoms with Gasteiger partial charge >= 0.3 is 5.97 Å². The van der Waals surface area contributed by atoms with E-state index >= 15 is 0 Å². The molecule has 2 rings (SSSR count). The van der Waals surface area contributed by atoms with Crippen molar-refractivity contribution in [2.24, 2.45) is 5.92 Å². The number of allylic oxidation sites excluding steroid dienone is 1. The largest absolute Gasteiger partial charge is 0.466 e. The van der Waals surface area contributed by atoms with Crippen molar-refractivity contribution in [1.29, 1.82) is 0 Å². The van der Waals surface area contributed by atoms with Crippen LogP contribution < -0.4 is 0 Å². The molecule has 0 N–H and O–H groups in total. The summed E-state index contributed by atoms with van der Waals surface area (Å²) in [6.45, 7) is 4.39. The summed E-state index contributed by atoms with van der Waals surface area (Å²) in [7, 11) is 0. The van der Waals surface area contributed by atoms with E-state index in [1.165, 1.54) is 19.3 Å². The Morgan fingerprint density at radius 3 is 3.00 bits per heavy atom. The number of carbonyl (C=O) groups is 1. The summed E-state index contributed by atoms with van der Waals surface area (Å²) in [5.74, 6) is 0.0935. The molecule has 1 aliphatic carbocycles. The molecule has 1 fully saturated rings. The van der Waals surface area contributed by atoms with Gasteiger partial charge in [0.2, 0.25) is 0 Å². The average molecular weight is 237 g/mol. The lowest BCUT2D eigenvalue weighted by Crippen LogP contribution is -2.44. The van der Waals surface area contributed by atoms with E-state index in [2.05, 4.69) is 17.1 Å². The molecule has 1 aliphatic heterocycles. The van der Waals surface area contributed by atoms with Gasteiger partial charge in [0.15, 0.2) is 0 Å². The number of likely N-dealkylation sites (tertiary alicyclic amines) is 1. The van der Waals surface area contributed by atoms with Crippen LogP contribution in [0.25, 0.3) is 0 Å². The van der Waals surface area contributed by atoms with Gasteiger partial charge in [-0.3, -0.25) is 9.69 Å². The van der Waals surface area contributed by atoms with Crippen LogP contribution >= 0.6 is 0 Å². The van der Waals surface area contributed by atoms with E-state index in [1.807, 2.05) is 6.92 Å². The van der Waals surface area contributed by atoms with Crippen LogP contribution in [0.2, 0.25) is 0 Å². The molecule has 0 aromatic rings. The van der Waals surface area contributed by atoms with E-state index < -0.39 is 0 Å². The Morgan fingerprint density at radius 1 is 1.41 bits per heavy atom. The van der Waals surface area contributed by atoms with Crippen molar-refractivity contribution < 1.29 is 9.53 Å². The predicted octanol–water partition coefficient (Wildman–Crippen LogP) is 2.37. The van der Waals surface area contributed by atoms with Crippen LogP contribution in [0, 0.1) is 5.92 Å². The summed E-state index contributed by atoms with van der Waals surface area (Å²) >= 11 is 0. The summed E-state index contributed by atoms with van der Waals surface area (Å²) in [6, 6.07) is 0.556. The minimum Gasteiger partial charge on any atom is -0.466 e. The van der Waals surface area contributed by atoms with Gasteiger partial charge in [0, 0.05) is 12.6 Å².